The van der Waals surface area contributed by atoms with Gasteiger partial charge in [0.15, 0.2) is 6.20 Å². The van der Waals surface area contributed by atoms with Gasteiger partial charge in [0.2, 0.25) is 5.52 Å². The number of aryl methyl sites for hydroxylation is 3. The normalized spacial score (nSPS) is 13.4. The summed E-state index contributed by atoms with van der Waals surface area (Å²) in [5.74, 6) is 0. The highest BCUT2D eigenvalue weighted by atomic mass is 19.4. The van der Waals surface area contributed by atoms with Crippen molar-refractivity contribution >= 4 is 59.8 Å². The van der Waals surface area contributed by atoms with Gasteiger partial charge >= 0.3 is 6.18 Å². The van der Waals surface area contributed by atoms with Crippen LogP contribution in [0.4, 0.5) is 13.2 Å². The van der Waals surface area contributed by atoms with E-state index in [0.29, 0.717) is 5.39 Å². The molecule has 0 N–H and O–H groups in total. The lowest BCUT2D eigenvalue weighted by Gasteiger charge is -2.24. The fraction of sp³-hybridized carbons (Fsp3) is 0.265. The smallest absolute Gasteiger partial charge is 0.307 e. The summed E-state index contributed by atoms with van der Waals surface area (Å²) in [6.45, 7) is 11.1. The standard InChI is InChI=1S/C34H30F3N2/c1-18-7-10-22-24(15-18)19(2)28-31(26(22)17-33(3,4)5)39-27-12-9-21(34(35,36)37)16-25(27)23-11-8-20-13-14-38(6)32(28)29(20)30(23)39/h7-16H,17H2,1-6H3/q+1. The van der Waals surface area contributed by atoms with Crippen LogP contribution in [0, 0.1) is 19.3 Å². The van der Waals surface area contributed by atoms with Crippen LogP contribution in [0.5, 0.6) is 0 Å². The Labute approximate surface area is 224 Å². The molecule has 196 valence electrons. The largest absolute Gasteiger partial charge is 0.416 e. The predicted octanol–water partition coefficient (Wildman–Crippen LogP) is 9.19. The summed E-state index contributed by atoms with van der Waals surface area (Å²) in [6.07, 6.45) is -1.48. The highest BCUT2D eigenvalue weighted by Crippen LogP contribution is 2.46. The summed E-state index contributed by atoms with van der Waals surface area (Å²) in [4.78, 5) is 0. The second kappa shape index (κ2) is 7.62. The van der Waals surface area contributed by atoms with Crippen molar-refractivity contribution in [2.75, 3.05) is 0 Å². The van der Waals surface area contributed by atoms with Crippen molar-refractivity contribution in [3.63, 3.8) is 0 Å². The first-order valence-electron chi connectivity index (χ1n) is 13.4. The molecule has 7 rings (SSSR count). The van der Waals surface area contributed by atoms with Crippen molar-refractivity contribution in [2.24, 2.45) is 12.5 Å². The van der Waals surface area contributed by atoms with Crippen LogP contribution in [-0.4, -0.2) is 4.40 Å². The van der Waals surface area contributed by atoms with E-state index in [1.165, 1.54) is 39.6 Å². The SMILES string of the molecule is Cc1ccc2c(CC(C)(C)C)c3c(c(C)c2c1)c1c2c(ccc4c5cc(C(F)(F)F)ccc5n3c42)cc[n+]1C. The molecule has 0 atom stereocenters. The second-order valence-electron chi connectivity index (χ2n) is 12.4. The zero-order valence-corrected chi connectivity index (χ0v) is 23.0. The molecule has 0 bridgehead atoms. The third-order valence-corrected chi connectivity index (χ3v) is 8.33. The number of aromatic nitrogens is 2. The maximum absolute atomic E-state index is 13.9. The molecule has 39 heavy (non-hydrogen) atoms. The highest BCUT2D eigenvalue weighted by Gasteiger charge is 2.33. The van der Waals surface area contributed by atoms with E-state index < -0.39 is 11.7 Å². The first-order valence-corrected chi connectivity index (χ1v) is 13.4. The van der Waals surface area contributed by atoms with E-state index in [1.54, 1.807) is 6.07 Å². The summed E-state index contributed by atoms with van der Waals surface area (Å²) in [7, 11) is 2.07. The van der Waals surface area contributed by atoms with Crippen molar-refractivity contribution in [3.05, 3.63) is 83.0 Å². The maximum Gasteiger partial charge on any atom is 0.416 e. The molecule has 0 amide bonds. The van der Waals surface area contributed by atoms with Gasteiger partial charge in [0.05, 0.1) is 32.9 Å². The van der Waals surface area contributed by atoms with E-state index in [1.807, 2.05) is 12.1 Å². The number of halogens is 3. The van der Waals surface area contributed by atoms with Crippen LogP contribution < -0.4 is 4.57 Å². The molecule has 5 heteroatoms. The van der Waals surface area contributed by atoms with Crippen molar-refractivity contribution in [1.82, 2.24) is 4.40 Å². The van der Waals surface area contributed by atoms with E-state index in [2.05, 4.69) is 81.1 Å². The van der Waals surface area contributed by atoms with Gasteiger partial charge in [-0.15, -0.1) is 0 Å². The third kappa shape index (κ3) is 3.32. The van der Waals surface area contributed by atoms with Gasteiger partial charge in [-0.3, -0.25) is 0 Å². The molecule has 0 radical (unpaired) electrons. The summed E-state index contributed by atoms with van der Waals surface area (Å²) >= 11 is 0. The van der Waals surface area contributed by atoms with Crippen LogP contribution in [0.1, 0.15) is 43.0 Å². The van der Waals surface area contributed by atoms with Crippen LogP contribution in [0.25, 0.3) is 59.8 Å². The van der Waals surface area contributed by atoms with E-state index in [9.17, 15) is 13.2 Å². The topological polar surface area (TPSA) is 8.29 Å². The molecule has 4 aromatic carbocycles. The molecule has 0 aliphatic rings. The van der Waals surface area contributed by atoms with Gasteiger partial charge in [-0.25, -0.2) is 4.57 Å². The number of hydrogen-bond acceptors (Lipinski definition) is 0. The quantitative estimate of drug-likeness (QED) is 0.115. The maximum atomic E-state index is 13.9. The molecule has 7 aromatic rings. The number of benzene rings is 4. The minimum Gasteiger partial charge on any atom is -0.307 e. The minimum atomic E-state index is -4.41. The number of pyridine rings is 2. The lowest BCUT2D eigenvalue weighted by Crippen LogP contribution is -2.29. The molecule has 3 heterocycles. The molecule has 0 spiro atoms. The number of nitrogens with zero attached hydrogens (tertiary/aromatic N) is 2. The molecular weight excluding hydrogens is 493 g/mol. The fourth-order valence-corrected chi connectivity index (χ4v) is 6.73. The molecule has 3 aromatic heterocycles. The Morgan fingerprint density at radius 3 is 2.23 bits per heavy atom. The second-order valence-corrected chi connectivity index (χ2v) is 12.4. The summed E-state index contributed by atoms with van der Waals surface area (Å²) < 4.78 is 46.0. The minimum absolute atomic E-state index is 0.00245. The third-order valence-electron chi connectivity index (χ3n) is 8.33. The number of fused-ring (bicyclic) bond motifs is 7. The van der Waals surface area contributed by atoms with E-state index in [-0.39, 0.29) is 5.41 Å². The Morgan fingerprint density at radius 2 is 1.51 bits per heavy atom. The first kappa shape index (κ1) is 24.2. The molecule has 0 saturated carbocycles. The van der Waals surface area contributed by atoms with Crippen molar-refractivity contribution in [3.8, 4) is 0 Å². The highest BCUT2D eigenvalue weighted by molar-refractivity contribution is 6.29. The summed E-state index contributed by atoms with van der Waals surface area (Å²) in [5, 5.41) is 7.27. The first-order chi connectivity index (χ1) is 18.3. The Balaban J connectivity index is 1.88. The molecule has 0 fully saturated rings. The molecular formula is C34H30F3N2+. The average Bonchev–Trinajstić information content (AvgIpc) is 3.19. The van der Waals surface area contributed by atoms with Gasteiger partial charge in [-0.1, -0.05) is 56.7 Å². The Kier molecular flexibility index (Phi) is 4.73. The van der Waals surface area contributed by atoms with Gasteiger partial charge in [-0.05, 0) is 71.2 Å². The fourth-order valence-electron chi connectivity index (χ4n) is 6.73. The van der Waals surface area contributed by atoms with Crippen LogP contribution in [0.15, 0.2) is 60.8 Å². The zero-order chi connectivity index (χ0) is 27.6. The lowest BCUT2D eigenvalue weighted by atomic mass is 9.83. The van der Waals surface area contributed by atoms with E-state index >= 15 is 0 Å². The summed E-state index contributed by atoms with van der Waals surface area (Å²) in [5.41, 5.74) is 7.04. The number of alkyl halides is 3. The molecule has 0 saturated heterocycles. The van der Waals surface area contributed by atoms with Crippen molar-refractivity contribution in [1.29, 1.82) is 0 Å². The molecule has 0 aliphatic carbocycles. The zero-order valence-electron chi connectivity index (χ0n) is 23.0. The molecule has 0 aliphatic heterocycles. The average molecular weight is 524 g/mol. The van der Waals surface area contributed by atoms with Crippen molar-refractivity contribution < 1.29 is 17.7 Å². The van der Waals surface area contributed by atoms with Gasteiger partial charge in [0.1, 0.15) is 7.05 Å². The van der Waals surface area contributed by atoms with Crippen molar-refractivity contribution in [2.45, 2.75) is 47.2 Å². The van der Waals surface area contributed by atoms with Crippen LogP contribution in [-0.2, 0) is 19.6 Å². The molecule has 0 unspecified atom stereocenters. The number of hydrogen-bond donors (Lipinski definition) is 0. The van der Waals surface area contributed by atoms with E-state index in [0.717, 1.165) is 50.0 Å². The van der Waals surface area contributed by atoms with Crippen LogP contribution >= 0.6 is 0 Å². The predicted molar refractivity (Wildman–Crippen MR) is 155 cm³/mol. The van der Waals surface area contributed by atoms with Gasteiger partial charge in [-0.2, -0.15) is 13.2 Å². The Hall–Kier alpha value is -3.86. The Morgan fingerprint density at radius 1 is 0.769 bits per heavy atom. The molecule has 2 nitrogen and oxygen atoms in total. The number of rotatable bonds is 1. The van der Waals surface area contributed by atoms with E-state index in [4.69, 9.17) is 0 Å². The Bertz CT molecular complexity index is 2140. The lowest BCUT2D eigenvalue weighted by molar-refractivity contribution is -0.643. The van der Waals surface area contributed by atoms with Gasteiger partial charge in [0.25, 0.3) is 0 Å². The van der Waals surface area contributed by atoms with Gasteiger partial charge in [0, 0.05) is 16.8 Å². The summed E-state index contributed by atoms with van der Waals surface area (Å²) in [6, 6.07) is 17.0. The van der Waals surface area contributed by atoms with Crippen LogP contribution in [0.2, 0.25) is 0 Å². The van der Waals surface area contributed by atoms with Gasteiger partial charge < -0.3 is 4.40 Å². The van der Waals surface area contributed by atoms with Crippen LogP contribution in [0.3, 0.4) is 0 Å². The monoisotopic (exact) mass is 523 g/mol.